The Morgan fingerprint density at radius 2 is 1.91 bits per heavy atom. The molecule has 33 heavy (non-hydrogen) atoms. The molecule has 0 saturated carbocycles. The third-order valence-electron chi connectivity index (χ3n) is 4.93. The number of rotatable bonds is 6. The Labute approximate surface area is 191 Å². The normalized spacial score (nSPS) is 10.9. The van der Waals surface area contributed by atoms with Gasteiger partial charge < -0.3 is 9.73 Å². The van der Waals surface area contributed by atoms with Gasteiger partial charge in [-0.05, 0) is 54.4 Å². The van der Waals surface area contributed by atoms with Gasteiger partial charge in [0.2, 0.25) is 5.69 Å². The Bertz CT molecular complexity index is 1430. The lowest BCUT2D eigenvalue weighted by atomic mass is 10.2. The minimum absolute atomic E-state index is 0.0282. The number of nitrogens with zero attached hydrogens (tertiary/aromatic N) is 3. The van der Waals surface area contributed by atoms with Crippen molar-refractivity contribution in [3.05, 3.63) is 115 Å². The molecule has 0 fully saturated rings. The van der Waals surface area contributed by atoms with E-state index in [1.165, 1.54) is 36.6 Å². The van der Waals surface area contributed by atoms with E-state index in [4.69, 9.17) is 16.0 Å². The highest BCUT2D eigenvalue weighted by molar-refractivity contribution is 6.31. The van der Waals surface area contributed by atoms with E-state index in [-0.39, 0.29) is 18.8 Å². The summed E-state index contributed by atoms with van der Waals surface area (Å²) in [6.07, 6.45) is 1.46. The van der Waals surface area contributed by atoms with Crippen molar-refractivity contribution in [3.8, 4) is 5.69 Å². The van der Waals surface area contributed by atoms with Gasteiger partial charge in [0.25, 0.3) is 11.5 Å². The number of furan rings is 1. The van der Waals surface area contributed by atoms with E-state index in [1.807, 2.05) is 0 Å². The topological polar surface area (TPSA) is 99.1 Å². The molecule has 8 nitrogen and oxygen atoms in total. The number of carbonyl (C=O) groups is 1. The van der Waals surface area contributed by atoms with E-state index < -0.39 is 28.7 Å². The van der Waals surface area contributed by atoms with Gasteiger partial charge in [-0.3, -0.25) is 14.2 Å². The zero-order chi connectivity index (χ0) is 23.5. The standard InChI is InChI=1S/C23H18ClFN4O4/c1-14-4-9-17(11-19(14)24)29-23(32)28(13-15-5-7-16(25)8-6-15)22(31)20(27-29)21(30)26-12-18-3-2-10-33-18/h2-11H,12-13H2,1H3,(H,26,30). The fraction of sp³-hybridized carbons (Fsp3) is 0.130. The largest absolute Gasteiger partial charge is 0.467 e. The van der Waals surface area contributed by atoms with Crippen LogP contribution < -0.4 is 16.6 Å². The van der Waals surface area contributed by atoms with Crippen LogP contribution in [0.3, 0.4) is 0 Å². The predicted octanol–water partition coefficient (Wildman–Crippen LogP) is 3.07. The number of carbonyl (C=O) groups excluding carboxylic acids is 1. The summed E-state index contributed by atoms with van der Waals surface area (Å²) >= 11 is 6.20. The van der Waals surface area contributed by atoms with E-state index >= 15 is 0 Å². The molecule has 1 amide bonds. The summed E-state index contributed by atoms with van der Waals surface area (Å²) in [6, 6.07) is 13.5. The van der Waals surface area contributed by atoms with Gasteiger partial charge in [-0.1, -0.05) is 29.8 Å². The highest BCUT2D eigenvalue weighted by Gasteiger charge is 2.21. The fourth-order valence-corrected chi connectivity index (χ4v) is 3.29. The third-order valence-corrected chi connectivity index (χ3v) is 5.34. The molecule has 4 rings (SSSR count). The summed E-state index contributed by atoms with van der Waals surface area (Å²) in [5, 5.41) is 6.99. The molecule has 2 aromatic heterocycles. The van der Waals surface area contributed by atoms with Gasteiger partial charge in [0.05, 0.1) is 25.0 Å². The number of aromatic nitrogens is 3. The number of aryl methyl sites for hydroxylation is 1. The molecule has 0 atom stereocenters. The Hall–Kier alpha value is -3.98. The van der Waals surface area contributed by atoms with Crippen molar-refractivity contribution in [2.75, 3.05) is 0 Å². The molecule has 168 valence electrons. The minimum atomic E-state index is -0.879. The SMILES string of the molecule is Cc1ccc(-n2nc(C(=O)NCc3ccco3)c(=O)n(Cc3ccc(F)cc3)c2=O)cc1Cl. The Morgan fingerprint density at radius 1 is 1.15 bits per heavy atom. The number of hydrogen-bond acceptors (Lipinski definition) is 5. The van der Waals surface area contributed by atoms with E-state index in [1.54, 1.807) is 31.2 Å². The molecule has 0 spiro atoms. The van der Waals surface area contributed by atoms with E-state index in [9.17, 15) is 18.8 Å². The lowest BCUT2D eigenvalue weighted by molar-refractivity contribution is 0.0938. The maximum atomic E-state index is 13.3. The second-order valence-corrected chi connectivity index (χ2v) is 7.66. The third kappa shape index (κ3) is 4.78. The average molecular weight is 469 g/mol. The van der Waals surface area contributed by atoms with Crippen LogP contribution in [0.5, 0.6) is 0 Å². The first-order valence-electron chi connectivity index (χ1n) is 9.89. The lowest BCUT2D eigenvalue weighted by Crippen LogP contribution is -2.46. The molecule has 0 aliphatic rings. The summed E-state index contributed by atoms with van der Waals surface area (Å²) in [7, 11) is 0. The molecule has 2 aromatic carbocycles. The molecule has 0 saturated heterocycles. The molecule has 2 heterocycles. The molecule has 0 radical (unpaired) electrons. The van der Waals surface area contributed by atoms with Crippen LogP contribution in [0.2, 0.25) is 5.02 Å². The van der Waals surface area contributed by atoms with E-state index in [0.29, 0.717) is 16.3 Å². The van der Waals surface area contributed by atoms with Crippen molar-refractivity contribution in [1.82, 2.24) is 19.7 Å². The van der Waals surface area contributed by atoms with Gasteiger partial charge in [0, 0.05) is 5.02 Å². The van der Waals surface area contributed by atoms with Crippen molar-refractivity contribution in [2.24, 2.45) is 0 Å². The van der Waals surface area contributed by atoms with Crippen molar-refractivity contribution in [2.45, 2.75) is 20.0 Å². The molecule has 0 aliphatic carbocycles. The average Bonchev–Trinajstić information content (AvgIpc) is 3.32. The summed E-state index contributed by atoms with van der Waals surface area (Å²) in [6.45, 7) is 1.64. The molecule has 0 unspecified atom stereocenters. The molecular weight excluding hydrogens is 451 g/mol. The first-order chi connectivity index (χ1) is 15.8. The Balaban J connectivity index is 1.81. The fourth-order valence-electron chi connectivity index (χ4n) is 3.11. The molecular formula is C23H18ClFN4O4. The van der Waals surface area contributed by atoms with Crippen molar-refractivity contribution in [3.63, 3.8) is 0 Å². The van der Waals surface area contributed by atoms with Crippen molar-refractivity contribution < 1.29 is 13.6 Å². The molecule has 10 heteroatoms. The number of benzene rings is 2. The van der Waals surface area contributed by atoms with Crippen LogP contribution in [0.4, 0.5) is 4.39 Å². The lowest BCUT2D eigenvalue weighted by Gasteiger charge is -2.13. The summed E-state index contributed by atoms with van der Waals surface area (Å²) in [5.41, 5.74) is -0.576. The smallest absolute Gasteiger partial charge is 0.352 e. The molecule has 1 N–H and O–H groups in total. The number of amides is 1. The minimum Gasteiger partial charge on any atom is -0.467 e. The number of hydrogen-bond donors (Lipinski definition) is 1. The van der Waals surface area contributed by atoms with Crippen LogP contribution in [0.1, 0.15) is 27.4 Å². The predicted molar refractivity (Wildman–Crippen MR) is 119 cm³/mol. The summed E-state index contributed by atoms with van der Waals surface area (Å²) < 4.78 is 20.3. The van der Waals surface area contributed by atoms with Crippen LogP contribution in [0.15, 0.2) is 74.9 Å². The zero-order valence-electron chi connectivity index (χ0n) is 17.4. The van der Waals surface area contributed by atoms with Crippen LogP contribution in [-0.2, 0) is 13.1 Å². The zero-order valence-corrected chi connectivity index (χ0v) is 18.2. The van der Waals surface area contributed by atoms with Gasteiger partial charge >= 0.3 is 5.69 Å². The van der Waals surface area contributed by atoms with Crippen molar-refractivity contribution >= 4 is 17.5 Å². The van der Waals surface area contributed by atoms with Gasteiger partial charge in [-0.25, -0.2) is 9.18 Å². The van der Waals surface area contributed by atoms with E-state index in [2.05, 4.69) is 10.4 Å². The molecule has 4 aromatic rings. The second-order valence-electron chi connectivity index (χ2n) is 7.26. The Morgan fingerprint density at radius 3 is 2.58 bits per heavy atom. The monoisotopic (exact) mass is 468 g/mol. The van der Waals surface area contributed by atoms with Crippen LogP contribution in [0.25, 0.3) is 5.69 Å². The highest BCUT2D eigenvalue weighted by Crippen LogP contribution is 2.18. The molecule has 0 aliphatic heterocycles. The van der Waals surface area contributed by atoms with Crippen LogP contribution in [0, 0.1) is 12.7 Å². The maximum absolute atomic E-state index is 13.3. The van der Waals surface area contributed by atoms with Gasteiger partial charge in [0.1, 0.15) is 11.6 Å². The highest BCUT2D eigenvalue weighted by atomic mass is 35.5. The quantitative estimate of drug-likeness (QED) is 0.469. The number of nitrogens with one attached hydrogen (secondary N) is 1. The molecule has 0 bridgehead atoms. The maximum Gasteiger partial charge on any atom is 0.352 e. The van der Waals surface area contributed by atoms with Crippen LogP contribution >= 0.6 is 11.6 Å². The number of halogens is 2. The second kappa shape index (κ2) is 9.25. The van der Waals surface area contributed by atoms with Gasteiger partial charge in [0.15, 0.2) is 0 Å². The van der Waals surface area contributed by atoms with E-state index in [0.717, 1.165) is 14.8 Å². The van der Waals surface area contributed by atoms with Gasteiger partial charge in [-0.2, -0.15) is 9.78 Å². The first kappa shape index (κ1) is 22.2. The van der Waals surface area contributed by atoms with Crippen molar-refractivity contribution in [1.29, 1.82) is 0 Å². The van der Waals surface area contributed by atoms with Gasteiger partial charge in [-0.15, -0.1) is 0 Å². The Kier molecular flexibility index (Phi) is 6.23. The first-order valence-corrected chi connectivity index (χ1v) is 10.3. The van der Waals surface area contributed by atoms with Crippen LogP contribution in [-0.4, -0.2) is 20.3 Å². The summed E-state index contributed by atoms with van der Waals surface area (Å²) in [4.78, 5) is 39.1. The summed E-state index contributed by atoms with van der Waals surface area (Å²) in [5.74, 6) is -0.754.